The lowest BCUT2D eigenvalue weighted by Crippen LogP contribution is -2.18. The molecule has 1 aliphatic rings. The molecule has 1 saturated heterocycles. The van der Waals surface area contributed by atoms with Crippen molar-refractivity contribution in [2.24, 2.45) is 0 Å². The van der Waals surface area contributed by atoms with Crippen LogP contribution in [0.3, 0.4) is 0 Å². The molecule has 0 atom stereocenters. The molecule has 0 aliphatic carbocycles. The quantitative estimate of drug-likeness (QED) is 0.855. The highest BCUT2D eigenvalue weighted by molar-refractivity contribution is 7.92. The fraction of sp³-hybridized carbons (Fsp3) is 0.333. The normalized spacial score (nSPS) is 14.4. The Morgan fingerprint density at radius 2 is 1.64 bits per heavy atom. The lowest BCUT2D eigenvalue weighted by molar-refractivity contribution is 0.414. The summed E-state index contributed by atoms with van der Waals surface area (Å²) in [5.74, 6) is 1.09. The zero-order valence-electron chi connectivity index (χ0n) is 14.4. The van der Waals surface area contributed by atoms with Crippen LogP contribution in [0.1, 0.15) is 12.8 Å². The molecule has 0 saturated carbocycles. The molecule has 0 aromatic heterocycles. The zero-order valence-corrected chi connectivity index (χ0v) is 15.2. The van der Waals surface area contributed by atoms with Gasteiger partial charge in [0.15, 0.2) is 0 Å². The Morgan fingerprint density at radius 1 is 0.960 bits per heavy atom. The van der Waals surface area contributed by atoms with Gasteiger partial charge in [-0.25, -0.2) is 8.42 Å². The van der Waals surface area contributed by atoms with Crippen LogP contribution in [0.2, 0.25) is 0 Å². The number of anilines is 2. The lowest BCUT2D eigenvalue weighted by atomic mass is 10.2. The lowest BCUT2D eigenvalue weighted by Gasteiger charge is -2.20. The Balaban J connectivity index is 1.90. The first-order chi connectivity index (χ1) is 12.0. The first kappa shape index (κ1) is 17.4. The highest BCUT2D eigenvalue weighted by atomic mass is 32.2. The number of ether oxygens (including phenoxy) is 2. The van der Waals surface area contributed by atoms with Gasteiger partial charge in [0.05, 0.1) is 24.8 Å². The van der Waals surface area contributed by atoms with Gasteiger partial charge < -0.3 is 14.4 Å². The van der Waals surface area contributed by atoms with Crippen LogP contribution in [-0.4, -0.2) is 35.7 Å². The van der Waals surface area contributed by atoms with E-state index in [1.54, 1.807) is 18.2 Å². The van der Waals surface area contributed by atoms with Crippen molar-refractivity contribution in [1.82, 2.24) is 0 Å². The van der Waals surface area contributed by atoms with Crippen LogP contribution >= 0.6 is 0 Å². The second kappa shape index (κ2) is 7.23. The van der Waals surface area contributed by atoms with Crippen LogP contribution in [0.5, 0.6) is 11.5 Å². The van der Waals surface area contributed by atoms with E-state index in [4.69, 9.17) is 9.47 Å². The summed E-state index contributed by atoms with van der Waals surface area (Å²) in [5, 5.41) is 0. The number of nitrogens with one attached hydrogen (secondary N) is 1. The molecule has 7 heteroatoms. The van der Waals surface area contributed by atoms with Crippen molar-refractivity contribution in [1.29, 1.82) is 0 Å². The summed E-state index contributed by atoms with van der Waals surface area (Å²) in [5.41, 5.74) is 1.42. The first-order valence-corrected chi connectivity index (χ1v) is 9.61. The average molecular weight is 362 g/mol. The fourth-order valence-corrected chi connectivity index (χ4v) is 3.97. The van der Waals surface area contributed by atoms with Gasteiger partial charge in [0.2, 0.25) is 0 Å². The average Bonchev–Trinajstić information content (AvgIpc) is 3.16. The van der Waals surface area contributed by atoms with Gasteiger partial charge in [-0.2, -0.15) is 0 Å². The SMILES string of the molecule is COc1ccc(S(=O)(=O)Nc2cc(N3CCCC3)ccc2OC)cc1. The minimum atomic E-state index is -3.72. The second-order valence-corrected chi connectivity index (χ2v) is 7.54. The molecule has 3 rings (SSSR count). The Morgan fingerprint density at radius 3 is 2.24 bits per heavy atom. The molecule has 0 bridgehead atoms. The topological polar surface area (TPSA) is 67.9 Å². The van der Waals surface area contributed by atoms with Crippen LogP contribution in [0.15, 0.2) is 47.4 Å². The van der Waals surface area contributed by atoms with E-state index >= 15 is 0 Å². The third-order valence-corrected chi connectivity index (χ3v) is 5.65. The van der Waals surface area contributed by atoms with E-state index in [2.05, 4.69) is 9.62 Å². The molecule has 0 radical (unpaired) electrons. The zero-order chi connectivity index (χ0) is 17.9. The monoisotopic (exact) mass is 362 g/mol. The third kappa shape index (κ3) is 3.82. The van der Waals surface area contributed by atoms with Gasteiger partial charge in [-0.3, -0.25) is 4.72 Å². The molecular weight excluding hydrogens is 340 g/mol. The van der Waals surface area contributed by atoms with Crippen LogP contribution in [-0.2, 0) is 10.0 Å². The molecule has 2 aromatic carbocycles. The smallest absolute Gasteiger partial charge is 0.262 e. The molecular formula is C18H22N2O4S. The van der Waals surface area contributed by atoms with Gasteiger partial charge in [-0.1, -0.05) is 0 Å². The van der Waals surface area contributed by atoms with Gasteiger partial charge in [0, 0.05) is 18.8 Å². The molecule has 0 spiro atoms. The van der Waals surface area contributed by atoms with Crippen LogP contribution in [0.4, 0.5) is 11.4 Å². The number of hydrogen-bond donors (Lipinski definition) is 1. The number of sulfonamides is 1. The summed E-state index contributed by atoms with van der Waals surface area (Å²) in [6, 6.07) is 11.8. The molecule has 0 amide bonds. The highest BCUT2D eigenvalue weighted by Crippen LogP contribution is 2.33. The molecule has 134 valence electrons. The van der Waals surface area contributed by atoms with Crippen molar-refractivity contribution in [2.75, 3.05) is 36.9 Å². The first-order valence-electron chi connectivity index (χ1n) is 8.13. The van der Waals surface area contributed by atoms with Crippen molar-refractivity contribution < 1.29 is 17.9 Å². The minimum absolute atomic E-state index is 0.168. The maximum Gasteiger partial charge on any atom is 0.262 e. The molecule has 1 heterocycles. The molecule has 25 heavy (non-hydrogen) atoms. The van der Waals surface area contributed by atoms with Gasteiger partial charge in [0.25, 0.3) is 10.0 Å². The number of nitrogens with zero attached hydrogens (tertiary/aromatic N) is 1. The van der Waals surface area contributed by atoms with Crippen molar-refractivity contribution in [3.8, 4) is 11.5 Å². The maximum absolute atomic E-state index is 12.7. The molecule has 0 unspecified atom stereocenters. The second-order valence-electron chi connectivity index (χ2n) is 5.86. The summed E-state index contributed by atoms with van der Waals surface area (Å²) in [4.78, 5) is 2.41. The molecule has 1 aliphatic heterocycles. The highest BCUT2D eigenvalue weighted by Gasteiger charge is 2.19. The van der Waals surface area contributed by atoms with E-state index < -0.39 is 10.0 Å². The number of rotatable bonds is 6. The Hall–Kier alpha value is -2.41. The summed E-state index contributed by atoms with van der Waals surface area (Å²) >= 11 is 0. The summed E-state index contributed by atoms with van der Waals surface area (Å²) < 4.78 is 38.4. The van der Waals surface area contributed by atoms with Crippen molar-refractivity contribution in [2.45, 2.75) is 17.7 Å². The third-order valence-electron chi connectivity index (χ3n) is 4.27. The minimum Gasteiger partial charge on any atom is -0.497 e. The van der Waals surface area contributed by atoms with Gasteiger partial charge >= 0.3 is 0 Å². The molecule has 6 nitrogen and oxygen atoms in total. The fourth-order valence-electron chi connectivity index (χ4n) is 2.91. The van der Waals surface area contributed by atoms with Gasteiger partial charge in [-0.15, -0.1) is 0 Å². The van der Waals surface area contributed by atoms with E-state index in [-0.39, 0.29) is 4.90 Å². The number of benzene rings is 2. The van der Waals surface area contributed by atoms with E-state index in [9.17, 15) is 8.42 Å². The number of methoxy groups -OCH3 is 2. The summed E-state index contributed by atoms with van der Waals surface area (Å²) in [7, 11) is -0.653. The predicted octanol–water partition coefficient (Wildman–Crippen LogP) is 3.10. The van der Waals surface area contributed by atoms with Gasteiger partial charge in [-0.05, 0) is 55.3 Å². The van der Waals surface area contributed by atoms with Crippen molar-refractivity contribution >= 4 is 21.4 Å². The standard InChI is InChI=1S/C18H22N2O4S/c1-23-15-6-8-16(9-7-15)25(21,22)19-17-13-14(5-10-18(17)24-2)20-11-3-4-12-20/h5-10,13,19H,3-4,11-12H2,1-2H3. The van der Waals surface area contributed by atoms with E-state index in [0.717, 1.165) is 31.6 Å². The van der Waals surface area contributed by atoms with Crippen molar-refractivity contribution in [3.63, 3.8) is 0 Å². The van der Waals surface area contributed by atoms with E-state index in [1.807, 2.05) is 12.1 Å². The predicted molar refractivity (Wildman–Crippen MR) is 98.2 cm³/mol. The Kier molecular flexibility index (Phi) is 5.03. The van der Waals surface area contributed by atoms with Crippen molar-refractivity contribution in [3.05, 3.63) is 42.5 Å². The summed E-state index contributed by atoms with van der Waals surface area (Å²) in [6.07, 6.45) is 2.30. The maximum atomic E-state index is 12.7. The Labute approximate surface area is 148 Å². The van der Waals surface area contributed by atoms with Crippen LogP contribution in [0.25, 0.3) is 0 Å². The van der Waals surface area contributed by atoms with E-state index in [1.165, 1.54) is 26.4 Å². The number of hydrogen-bond acceptors (Lipinski definition) is 5. The molecule has 1 N–H and O–H groups in total. The summed E-state index contributed by atoms with van der Waals surface area (Å²) in [6.45, 7) is 1.97. The Bertz CT molecular complexity index is 829. The van der Waals surface area contributed by atoms with Gasteiger partial charge in [0.1, 0.15) is 11.5 Å². The largest absolute Gasteiger partial charge is 0.497 e. The van der Waals surface area contributed by atoms with Crippen LogP contribution in [0, 0.1) is 0 Å². The van der Waals surface area contributed by atoms with Crippen LogP contribution < -0.4 is 19.1 Å². The molecule has 1 fully saturated rings. The van der Waals surface area contributed by atoms with E-state index in [0.29, 0.717) is 17.2 Å². The molecule has 2 aromatic rings.